The number of fused-ring (bicyclic) bond motifs is 1. The van der Waals surface area contributed by atoms with Crippen LogP contribution in [0.25, 0.3) is 10.9 Å². The molecule has 1 aromatic carbocycles. The number of benzene rings is 1. The summed E-state index contributed by atoms with van der Waals surface area (Å²) in [5, 5.41) is 15.1. The molecule has 1 fully saturated rings. The maximum absolute atomic E-state index is 15.1. The van der Waals surface area contributed by atoms with Crippen LogP contribution in [0.4, 0.5) is 15.8 Å². The number of carboxylic acids is 1. The highest BCUT2D eigenvalue weighted by atomic mass is 19.1. The highest BCUT2D eigenvalue weighted by Gasteiger charge is 2.21. The molecule has 3 N–H and O–H groups in total. The molecule has 35 heavy (non-hydrogen) atoms. The van der Waals surface area contributed by atoms with Gasteiger partial charge in [-0.1, -0.05) is 46.1 Å². The standard InChI is InChI=1S/C27H36FN3O4/c1-4-17(12-13-25(32)33)27(35)30-23-16-31(19(5-2)6-3)24-15-22(21(28)14-20(24)26(23)34)29-18-10-8-7-9-11-18/h12-19,29H,4-11H2,1-3H3,(H,30,35)(H,32,33). The maximum Gasteiger partial charge on any atom is 0.328 e. The first-order chi connectivity index (χ1) is 16.8. The Balaban J connectivity index is 2.06. The van der Waals surface area contributed by atoms with Crippen molar-refractivity contribution in [1.82, 2.24) is 4.57 Å². The lowest BCUT2D eigenvalue weighted by Gasteiger charge is -2.26. The van der Waals surface area contributed by atoms with Gasteiger partial charge >= 0.3 is 5.97 Å². The van der Waals surface area contributed by atoms with Gasteiger partial charge in [0.25, 0.3) is 0 Å². The molecule has 1 aromatic heterocycles. The average molecular weight is 486 g/mol. The minimum absolute atomic E-state index is 0.0515. The molecule has 1 aliphatic rings. The van der Waals surface area contributed by atoms with Crippen LogP contribution in [0.15, 0.2) is 35.3 Å². The molecule has 1 atom stereocenters. The quantitative estimate of drug-likeness (QED) is 0.367. The number of carbonyl (C=O) groups excluding carboxylic acids is 1. The van der Waals surface area contributed by atoms with Crippen LogP contribution < -0.4 is 16.1 Å². The van der Waals surface area contributed by atoms with Crippen LogP contribution in [-0.2, 0) is 9.59 Å². The smallest absolute Gasteiger partial charge is 0.328 e. The molecular weight excluding hydrogens is 449 g/mol. The van der Waals surface area contributed by atoms with Gasteiger partial charge in [-0.05, 0) is 44.2 Å². The first-order valence-electron chi connectivity index (χ1n) is 12.7. The molecule has 1 saturated carbocycles. The summed E-state index contributed by atoms with van der Waals surface area (Å²) in [5.41, 5.74) is 0.615. The van der Waals surface area contributed by atoms with Crippen molar-refractivity contribution in [3.63, 3.8) is 0 Å². The second-order valence-corrected chi connectivity index (χ2v) is 9.28. The van der Waals surface area contributed by atoms with Crippen molar-refractivity contribution >= 4 is 34.2 Å². The number of nitrogens with one attached hydrogen (secondary N) is 2. The first-order valence-corrected chi connectivity index (χ1v) is 12.7. The van der Waals surface area contributed by atoms with Crippen molar-refractivity contribution in [2.75, 3.05) is 10.6 Å². The van der Waals surface area contributed by atoms with Gasteiger partial charge < -0.3 is 20.3 Å². The topological polar surface area (TPSA) is 100 Å². The van der Waals surface area contributed by atoms with Crippen LogP contribution in [0, 0.1) is 11.7 Å². The van der Waals surface area contributed by atoms with E-state index in [0.717, 1.165) is 44.6 Å². The summed E-state index contributed by atoms with van der Waals surface area (Å²) in [5.74, 6) is -2.82. The molecule has 1 unspecified atom stereocenters. The summed E-state index contributed by atoms with van der Waals surface area (Å²) in [6.45, 7) is 5.85. The number of pyridine rings is 1. The number of amides is 1. The van der Waals surface area contributed by atoms with E-state index in [1.165, 1.54) is 18.6 Å². The molecule has 1 heterocycles. The third kappa shape index (κ3) is 6.29. The van der Waals surface area contributed by atoms with Crippen LogP contribution in [-0.4, -0.2) is 27.6 Å². The van der Waals surface area contributed by atoms with E-state index in [1.54, 1.807) is 19.2 Å². The van der Waals surface area contributed by atoms with Crippen molar-refractivity contribution < 1.29 is 19.1 Å². The molecule has 2 aromatic rings. The fourth-order valence-corrected chi connectivity index (χ4v) is 4.85. The Morgan fingerprint density at radius 3 is 2.40 bits per heavy atom. The number of aliphatic carboxylic acids is 1. The Kier molecular flexibility index (Phi) is 9.07. The summed E-state index contributed by atoms with van der Waals surface area (Å²) >= 11 is 0. The van der Waals surface area contributed by atoms with Crippen LogP contribution in [0.5, 0.6) is 0 Å². The van der Waals surface area contributed by atoms with Gasteiger partial charge in [0.2, 0.25) is 11.3 Å². The number of hydrogen-bond donors (Lipinski definition) is 3. The van der Waals surface area contributed by atoms with Crippen LogP contribution in [0.3, 0.4) is 0 Å². The summed E-state index contributed by atoms with van der Waals surface area (Å²) in [7, 11) is 0. The normalized spacial score (nSPS) is 15.6. The largest absolute Gasteiger partial charge is 0.478 e. The number of aromatic nitrogens is 1. The zero-order chi connectivity index (χ0) is 25.5. The van der Waals surface area contributed by atoms with Gasteiger partial charge in [0.15, 0.2) is 0 Å². The molecule has 8 heteroatoms. The molecule has 0 bridgehead atoms. The summed E-state index contributed by atoms with van der Waals surface area (Å²) in [6, 6.07) is 3.25. The van der Waals surface area contributed by atoms with Gasteiger partial charge in [-0.2, -0.15) is 0 Å². The first kappa shape index (κ1) is 26.4. The highest BCUT2D eigenvalue weighted by molar-refractivity contribution is 5.96. The van der Waals surface area contributed by atoms with Gasteiger partial charge in [-0.3, -0.25) is 9.59 Å². The summed E-state index contributed by atoms with van der Waals surface area (Å²) in [6.07, 6.45) is 11.3. The second kappa shape index (κ2) is 12.0. The third-order valence-electron chi connectivity index (χ3n) is 6.93. The SMILES string of the molecule is CCC(C=CC(=O)O)C(=O)Nc1cn(C(CC)CC)c2cc(NC3CCCCC3)c(F)cc2c1=O. The van der Waals surface area contributed by atoms with Crippen molar-refractivity contribution in [3.05, 3.63) is 46.5 Å². The van der Waals surface area contributed by atoms with E-state index < -0.39 is 29.0 Å². The van der Waals surface area contributed by atoms with Crippen LogP contribution in [0.2, 0.25) is 0 Å². The average Bonchev–Trinajstić information content (AvgIpc) is 2.84. The summed E-state index contributed by atoms with van der Waals surface area (Å²) in [4.78, 5) is 37.0. The fourth-order valence-electron chi connectivity index (χ4n) is 4.85. The van der Waals surface area contributed by atoms with E-state index in [-0.39, 0.29) is 23.2 Å². The van der Waals surface area contributed by atoms with Crippen molar-refractivity contribution in [3.8, 4) is 0 Å². The fraction of sp³-hybridized carbons (Fsp3) is 0.519. The third-order valence-corrected chi connectivity index (χ3v) is 6.93. The Morgan fingerprint density at radius 2 is 1.80 bits per heavy atom. The van der Waals surface area contributed by atoms with Gasteiger partial charge in [0, 0.05) is 24.4 Å². The molecule has 1 amide bonds. The van der Waals surface area contributed by atoms with Crippen LogP contribution >= 0.6 is 0 Å². The number of halogens is 1. The molecule has 190 valence electrons. The lowest BCUT2D eigenvalue weighted by Crippen LogP contribution is -2.26. The van der Waals surface area contributed by atoms with Gasteiger partial charge in [-0.15, -0.1) is 0 Å². The molecular formula is C27H36FN3O4. The Labute approximate surface area is 205 Å². The van der Waals surface area contributed by atoms with Crippen molar-refractivity contribution in [1.29, 1.82) is 0 Å². The Bertz CT molecular complexity index is 1150. The predicted molar refractivity (Wildman–Crippen MR) is 137 cm³/mol. The number of nitrogens with zero attached hydrogens (tertiary/aromatic N) is 1. The van der Waals surface area contributed by atoms with E-state index in [2.05, 4.69) is 10.6 Å². The molecule has 0 saturated heterocycles. The lowest BCUT2D eigenvalue weighted by molar-refractivity contribution is -0.131. The molecule has 0 radical (unpaired) electrons. The van der Waals surface area contributed by atoms with E-state index in [9.17, 15) is 14.4 Å². The molecule has 3 rings (SSSR count). The van der Waals surface area contributed by atoms with E-state index in [4.69, 9.17) is 5.11 Å². The van der Waals surface area contributed by atoms with Crippen molar-refractivity contribution in [2.45, 2.75) is 84.2 Å². The minimum atomic E-state index is -1.15. The lowest BCUT2D eigenvalue weighted by atomic mass is 9.95. The predicted octanol–water partition coefficient (Wildman–Crippen LogP) is 5.85. The Morgan fingerprint density at radius 1 is 1.11 bits per heavy atom. The molecule has 7 nitrogen and oxygen atoms in total. The molecule has 0 aliphatic heterocycles. The Hall–Kier alpha value is -3.16. The molecule has 1 aliphatic carbocycles. The van der Waals surface area contributed by atoms with Gasteiger partial charge in [0.1, 0.15) is 11.5 Å². The monoisotopic (exact) mass is 485 g/mol. The second-order valence-electron chi connectivity index (χ2n) is 9.28. The van der Waals surface area contributed by atoms with Gasteiger partial charge in [-0.25, -0.2) is 9.18 Å². The minimum Gasteiger partial charge on any atom is -0.478 e. The number of anilines is 2. The number of hydrogen-bond acceptors (Lipinski definition) is 4. The maximum atomic E-state index is 15.1. The number of carbonyl (C=O) groups is 2. The zero-order valence-electron chi connectivity index (χ0n) is 20.8. The number of carboxylic acid groups (broad SMARTS) is 1. The van der Waals surface area contributed by atoms with E-state index in [1.807, 2.05) is 18.4 Å². The van der Waals surface area contributed by atoms with E-state index in [0.29, 0.717) is 17.6 Å². The zero-order valence-corrected chi connectivity index (χ0v) is 20.8. The highest BCUT2D eigenvalue weighted by Crippen LogP contribution is 2.30. The van der Waals surface area contributed by atoms with E-state index >= 15 is 4.39 Å². The van der Waals surface area contributed by atoms with Gasteiger partial charge in [0.05, 0.1) is 22.5 Å². The summed E-state index contributed by atoms with van der Waals surface area (Å²) < 4.78 is 17.1. The molecule has 0 spiro atoms. The van der Waals surface area contributed by atoms with Crippen molar-refractivity contribution in [2.24, 2.45) is 5.92 Å². The number of rotatable bonds is 10. The van der Waals surface area contributed by atoms with Crippen LogP contribution in [0.1, 0.15) is 78.2 Å².